The summed E-state index contributed by atoms with van der Waals surface area (Å²) in [6.07, 6.45) is -4.78. The van der Waals surface area contributed by atoms with E-state index < -0.39 is 27.4 Å². The molecule has 0 N–H and O–H groups in total. The lowest BCUT2D eigenvalue weighted by atomic mass is 10.1. The lowest BCUT2D eigenvalue weighted by Crippen LogP contribution is -2.08. The second kappa shape index (κ2) is 4.62. The van der Waals surface area contributed by atoms with E-state index in [0.29, 0.717) is 12.4 Å². The van der Waals surface area contributed by atoms with Crippen LogP contribution in [0.2, 0.25) is 5.02 Å². The highest BCUT2D eigenvalue weighted by molar-refractivity contribution is 6.34. The SMILES string of the molecule is CCn1c(C)nc2cc(C(F)(F)F)c(Cl)c([N+](=O)[O-])c21. The van der Waals surface area contributed by atoms with Crippen LogP contribution < -0.4 is 0 Å². The maximum Gasteiger partial charge on any atom is 0.418 e. The first kappa shape index (κ1) is 14.6. The number of hydrogen-bond acceptors (Lipinski definition) is 3. The summed E-state index contributed by atoms with van der Waals surface area (Å²) in [5, 5.41) is 10.2. The highest BCUT2D eigenvalue weighted by Crippen LogP contribution is 2.43. The topological polar surface area (TPSA) is 61.0 Å². The van der Waals surface area contributed by atoms with E-state index in [2.05, 4.69) is 4.98 Å². The number of halogens is 4. The van der Waals surface area contributed by atoms with Gasteiger partial charge in [0.15, 0.2) is 0 Å². The first-order valence-electron chi connectivity index (χ1n) is 5.59. The van der Waals surface area contributed by atoms with Crippen LogP contribution in [0.15, 0.2) is 6.07 Å². The largest absolute Gasteiger partial charge is 0.418 e. The number of nitro groups is 1. The summed E-state index contributed by atoms with van der Waals surface area (Å²) in [6, 6.07) is 0.740. The van der Waals surface area contributed by atoms with Crippen LogP contribution in [0, 0.1) is 17.0 Å². The summed E-state index contributed by atoms with van der Waals surface area (Å²) in [6.45, 7) is 3.61. The normalized spacial score (nSPS) is 12.1. The standard InChI is InChI=1S/C11H9ClF3N3O2/c1-3-17-5(2)16-7-4-6(11(13,14)15)8(12)10(9(7)17)18(19)20/h4H,3H2,1-2H3. The molecule has 1 aromatic carbocycles. The molecule has 0 saturated heterocycles. The molecule has 1 aromatic heterocycles. The monoisotopic (exact) mass is 307 g/mol. The number of fused-ring (bicyclic) bond motifs is 1. The minimum atomic E-state index is -4.78. The Labute approximate surface area is 116 Å². The van der Waals surface area contributed by atoms with Gasteiger partial charge in [0.1, 0.15) is 16.4 Å². The molecule has 0 fully saturated rings. The summed E-state index contributed by atoms with van der Waals surface area (Å²) < 4.78 is 40.1. The van der Waals surface area contributed by atoms with Gasteiger partial charge in [-0.25, -0.2) is 4.98 Å². The molecule has 1 heterocycles. The van der Waals surface area contributed by atoms with Crippen LogP contribution in [0.3, 0.4) is 0 Å². The average molecular weight is 308 g/mol. The van der Waals surface area contributed by atoms with Gasteiger partial charge in [0.05, 0.1) is 16.0 Å². The predicted molar refractivity (Wildman–Crippen MR) is 66.8 cm³/mol. The van der Waals surface area contributed by atoms with Gasteiger partial charge in [-0.05, 0) is 19.9 Å². The molecule has 2 rings (SSSR count). The fourth-order valence-corrected chi connectivity index (χ4v) is 2.45. The van der Waals surface area contributed by atoms with Crippen molar-refractivity contribution < 1.29 is 18.1 Å². The van der Waals surface area contributed by atoms with Gasteiger partial charge in [0.25, 0.3) is 0 Å². The summed E-state index contributed by atoms with van der Waals surface area (Å²) >= 11 is 5.60. The smallest absolute Gasteiger partial charge is 0.323 e. The van der Waals surface area contributed by atoms with Crippen LogP contribution in [0.5, 0.6) is 0 Å². The third-order valence-electron chi connectivity index (χ3n) is 2.94. The van der Waals surface area contributed by atoms with Crippen molar-refractivity contribution in [1.29, 1.82) is 0 Å². The molecule has 0 unspecified atom stereocenters. The molecule has 0 amide bonds. The highest BCUT2D eigenvalue weighted by atomic mass is 35.5. The van der Waals surface area contributed by atoms with E-state index in [1.54, 1.807) is 13.8 Å². The zero-order valence-corrected chi connectivity index (χ0v) is 11.2. The van der Waals surface area contributed by atoms with Gasteiger partial charge in [-0.1, -0.05) is 11.6 Å². The summed E-state index contributed by atoms with van der Waals surface area (Å²) in [5.41, 5.74) is -2.10. The molecular formula is C11H9ClF3N3O2. The maximum absolute atomic E-state index is 12.9. The number of benzene rings is 1. The van der Waals surface area contributed by atoms with E-state index in [9.17, 15) is 23.3 Å². The van der Waals surface area contributed by atoms with Gasteiger partial charge >= 0.3 is 11.9 Å². The van der Waals surface area contributed by atoms with Gasteiger partial charge < -0.3 is 4.57 Å². The fraction of sp³-hybridized carbons (Fsp3) is 0.364. The number of aromatic nitrogens is 2. The number of hydrogen-bond donors (Lipinski definition) is 0. The first-order valence-corrected chi connectivity index (χ1v) is 5.97. The molecule has 5 nitrogen and oxygen atoms in total. The van der Waals surface area contributed by atoms with Gasteiger partial charge in [0.2, 0.25) is 0 Å². The molecule has 0 aliphatic heterocycles. The number of rotatable bonds is 2. The Morgan fingerprint density at radius 2 is 2.10 bits per heavy atom. The molecule has 9 heteroatoms. The third kappa shape index (κ3) is 2.09. The average Bonchev–Trinajstić information content (AvgIpc) is 2.61. The Morgan fingerprint density at radius 1 is 1.50 bits per heavy atom. The maximum atomic E-state index is 12.9. The zero-order valence-electron chi connectivity index (χ0n) is 10.5. The van der Waals surface area contributed by atoms with Crippen molar-refractivity contribution in [1.82, 2.24) is 9.55 Å². The Morgan fingerprint density at radius 3 is 2.55 bits per heavy atom. The van der Waals surface area contributed by atoms with Crippen molar-refractivity contribution >= 4 is 28.3 Å². The molecule has 2 aromatic rings. The van der Waals surface area contributed by atoms with Crippen LogP contribution in [0.25, 0.3) is 11.0 Å². The van der Waals surface area contributed by atoms with E-state index in [1.165, 1.54) is 4.57 Å². The number of aryl methyl sites for hydroxylation is 2. The summed E-state index contributed by atoms with van der Waals surface area (Å²) in [4.78, 5) is 14.1. The van der Waals surface area contributed by atoms with Crippen molar-refractivity contribution in [3.05, 3.63) is 32.6 Å². The van der Waals surface area contributed by atoms with Gasteiger partial charge in [-0.2, -0.15) is 13.2 Å². The van der Waals surface area contributed by atoms with E-state index >= 15 is 0 Å². The predicted octanol–water partition coefficient (Wildman–Crippen LogP) is 3.95. The third-order valence-corrected chi connectivity index (χ3v) is 3.32. The lowest BCUT2D eigenvalue weighted by Gasteiger charge is -2.10. The Bertz CT molecular complexity index is 709. The second-order valence-corrected chi connectivity index (χ2v) is 4.49. The van der Waals surface area contributed by atoms with Gasteiger partial charge in [-0.3, -0.25) is 10.1 Å². The molecule has 0 spiro atoms. The molecule has 0 atom stereocenters. The highest BCUT2D eigenvalue weighted by Gasteiger charge is 2.39. The van der Waals surface area contributed by atoms with Crippen molar-refractivity contribution in [2.75, 3.05) is 0 Å². The molecular weight excluding hydrogens is 299 g/mol. The second-order valence-electron chi connectivity index (χ2n) is 4.11. The molecule has 0 saturated carbocycles. The molecule has 0 aliphatic rings. The lowest BCUT2D eigenvalue weighted by molar-refractivity contribution is -0.383. The van der Waals surface area contributed by atoms with Crippen LogP contribution in [-0.4, -0.2) is 14.5 Å². The number of nitro benzene ring substituents is 1. The Kier molecular flexibility index (Phi) is 3.37. The minimum Gasteiger partial charge on any atom is -0.323 e. The van der Waals surface area contributed by atoms with E-state index in [0.717, 1.165) is 6.07 Å². The van der Waals surface area contributed by atoms with E-state index in [4.69, 9.17) is 11.6 Å². The van der Waals surface area contributed by atoms with Crippen molar-refractivity contribution in [2.45, 2.75) is 26.6 Å². The van der Waals surface area contributed by atoms with Crippen LogP contribution in [0.1, 0.15) is 18.3 Å². The van der Waals surface area contributed by atoms with Crippen LogP contribution in [-0.2, 0) is 12.7 Å². The van der Waals surface area contributed by atoms with E-state index in [1.807, 2.05) is 0 Å². The zero-order chi connectivity index (χ0) is 15.2. The van der Waals surface area contributed by atoms with Crippen molar-refractivity contribution in [3.63, 3.8) is 0 Å². The van der Waals surface area contributed by atoms with Gasteiger partial charge in [0, 0.05) is 6.54 Å². The Hall–Kier alpha value is -1.83. The molecule has 20 heavy (non-hydrogen) atoms. The molecule has 0 radical (unpaired) electrons. The summed E-state index contributed by atoms with van der Waals surface area (Å²) in [7, 11) is 0. The summed E-state index contributed by atoms with van der Waals surface area (Å²) in [5.74, 6) is 0.390. The quantitative estimate of drug-likeness (QED) is 0.623. The van der Waals surface area contributed by atoms with Gasteiger partial charge in [-0.15, -0.1) is 0 Å². The number of nitrogens with zero attached hydrogens (tertiary/aromatic N) is 3. The van der Waals surface area contributed by atoms with Crippen LogP contribution >= 0.6 is 11.6 Å². The minimum absolute atomic E-state index is 0.00741. The van der Waals surface area contributed by atoms with Crippen LogP contribution in [0.4, 0.5) is 18.9 Å². The fourth-order valence-electron chi connectivity index (χ4n) is 2.13. The molecule has 0 aliphatic carbocycles. The van der Waals surface area contributed by atoms with E-state index in [-0.39, 0.29) is 11.0 Å². The molecule has 108 valence electrons. The number of alkyl halides is 3. The van der Waals surface area contributed by atoms with Crippen molar-refractivity contribution in [2.24, 2.45) is 0 Å². The molecule has 0 bridgehead atoms. The Balaban J connectivity index is 2.99. The van der Waals surface area contributed by atoms with Crippen molar-refractivity contribution in [3.8, 4) is 0 Å². The number of imidazole rings is 1. The first-order chi connectivity index (χ1) is 9.18.